The number of benzene rings is 2. The Labute approximate surface area is 169 Å². The van der Waals surface area contributed by atoms with E-state index in [1.54, 1.807) is 36.4 Å². The van der Waals surface area contributed by atoms with Crippen molar-refractivity contribution in [2.24, 2.45) is 0 Å². The van der Waals surface area contributed by atoms with Gasteiger partial charge in [-0.15, -0.1) is 0 Å². The molecule has 0 bridgehead atoms. The van der Waals surface area contributed by atoms with E-state index in [2.05, 4.69) is 0 Å². The first-order chi connectivity index (χ1) is 13.3. The third kappa shape index (κ3) is 4.16. The predicted molar refractivity (Wildman–Crippen MR) is 107 cm³/mol. The molecule has 148 valence electrons. The molecule has 0 fully saturated rings. The Morgan fingerprint density at radius 3 is 2.36 bits per heavy atom. The molecular formula is C20H20ClNO5S. The highest BCUT2D eigenvalue weighted by Gasteiger charge is 2.26. The lowest BCUT2D eigenvalue weighted by Gasteiger charge is -2.18. The highest BCUT2D eigenvalue weighted by atomic mass is 35.5. The van der Waals surface area contributed by atoms with Crippen molar-refractivity contribution >= 4 is 21.6 Å². The monoisotopic (exact) mass is 421 g/mol. The first kappa shape index (κ1) is 20.3. The quantitative estimate of drug-likeness (QED) is 0.564. The molecule has 28 heavy (non-hydrogen) atoms. The van der Waals surface area contributed by atoms with Gasteiger partial charge >= 0.3 is 0 Å². The first-order valence-corrected chi connectivity index (χ1v) is 10.2. The number of sulfonamides is 1. The van der Waals surface area contributed by atoms with Crippen molar-refractivity contribution in [2.45, 2.75) is 11.4 Å². The van der Waals surface area contributed by atoms with Gasteiger partial charge in [-0.1, -0.05) is 11.6 Å². The summed E-state index contributed by atoms with van der Waals surface area (Å²) in [5, 5.41) is 0.633. The van der Waals surface area contributed by atoms with Crippen molar-refractivity contribution in [1.82, 2.24) is 4.31 Å². The van der Waals surface area contributed by atoms with Crippen LogP contribution in [0.5, 0.6) is 11.5 Å². The van der Waals surface area contributed by atoms with Gasteiger partial charge in [-0.3, -0.25) is 0 Å². The predicted octanol–water partition coefficient (Wildman–Crippen LogP) is 4.44. The van der Waals surface area contributed by atoms with Crippen LogP contribution in [0.4, 0.5) is 0 Å². The fraction of sp³-hybridized carbons (Fsp3) is 0.200. The highest BCUT2D eigenvalue weighted by Crippen LogP contribution is 2.31. The number of rotatable bonds is 7. The third-order valence-electron chi connectivity index (χ3n) is 4.23. The lowest BCUT2D eigenvalue weighted by Crippen LogP contribution is -2.26. The minimum Gasteiger partial charge on any atom is -0.497 e. The van der Waals surface area contributed by atoms with E-state index in [0.29, 0.717) is 22.3 Å². The molecule has 0 saturated heterocycles. The van der Waals surface area contributed by atoms with Crippen LogP contribution in [-0.2, 0) is 16.6 Å². The van der Waals surface area contributed by atoms with E-state index in [-0.39, 0.29) is 17.2 Å². The molecule has 0 aliphatic carbocycles. The first-order valence-electron chi connectivity index (χ1n) is 8.38. The number of ether oxygens (including phenoxy) is 2. The fourth-order valence-corrected chi connectivity index (χ4v) is 4.12. The van der Waals surface area contributed by atoms with Gasteiger partial charge < -0.3 is 13.9 Å². The number of hydrogen-bond donors (Lipinski definition) is 0. The molecule has 2 aromatic carbocycles. The molecule has 1 aromatic heterocycles. The third-order valence-corrected chi connectivity index (χ3v) is 6.30. The Morgan fingerprint density at radius 2 is 1.71 bits per heavy atom. The van der Waals surface area contributed by atoms with Crippen molar-refractivity contribution in [3.05, 3.63) is 65.4 Å². The standard InChI is InChI=1S/C20H20ClNO5S/c1-22(28(23,24)20-12-16(25-2)8-11-19(20)26-3)13-17-9-10-18(27-17)14-4-6-15(21)7-5-14/h4-12H,13H2,1-3H3. The second-order valence-corrected chi connectivity index (χ2v) is 8.50. The van der Waals surface area contributed by atoms with Gasteiger partial charge in [0.1, 0.15) is 27.9 Å². The highest BCUT2D eigenvalue weighted by molar-refractivity contribution is 7.89. The molecule has 0 unspecified atom stereocenters. The summed E-state index contributed by atoms with van der Waals surface area (Å²) in [6, 6.07) is 15.4. The summed E-state index contributed by atoms with van der Waals surface area (Å²) in [7, 11) is 0.560. The molecule has 0 aliphatic rings. The van der Waals surface area contributed by atoms with Crippen LogP contribution in [0, 0.1) is 0 Å². The van der Waals surface area contributed by atoms with Gasteiger partial charge in [-0.2, -0.15) is 4.31 Å². The molecule has 0 amide bonds. The SMILES string of the molecule is COc1ccc(OC)c(S(=O)(=O)N(C)Cc2ccc(-c3ccc(Cl)cc3)o2)c1. The number of furan rings is 1. The zero-order valence-corrected chi connectivity index (χ0v) is 17.3. The van der Waals surface area contributed by atoms with E-state index >= 15 is 0 Å². The molecule has 0 atom stereocenters. The Kier molecular flexibility index (Phi) is 5.98. The number of hydrogen-bond acceptors (Lipinski definition) is 5. The van der Waals surface area contributed by atoms with Crippen molar-refractivity contribution in [2.75, 3.05) is 21.3 Å². The number of halogens is 1. The summed E-state index contributed by atoms with van der Waals surface area (Å²) in [5.41, 5.74) is 0.857. The number of nitrogens with zero attached hydrogens (tertiary/aromatic N) is 1. The molecule has 8 heteroatoms. The van der Waals surface area contributed by atoms with E-state index in [1.807, 2.05) is 12.1 Å². The molecule has 0 saturated carbocycles. The van der Waals surface area contributed by atoms with Gasteiger partial charge in [0.2, 0.25) is 10.0 Å². The Hall–Kier alpha value is -2.48. The lowest BCUT2D eigenvalue weighted by molar-refractivity contribution is 0.383. The van der Waals surface area contributed by atoms with E-state index < -0.39 is 10.0 Å². The van der Waals surface area contributed by atoms with Gasteiger partial charge in [0.05, 0.1) is 20.8 Å². The topological polar surface area (TPSA) is 69.0 Å². The van der Waals surface area contributed by atoms with Crippen LogP contribution >= 0.6 is 11.6 Å². The van der Waals surface area contributed by atoms with Crippen molar-refractivity contribution < 1.29 is 22.3 Å². The van der Waals surface area contributed by atoms with E-state index in [4.69, 9.17) is 25.5 Å². The number of methoxy groups -OCH3 is 2. The summed E-state index contributed by atoms with van der Waals surface area (Å²) in [6.07, 6.45) is 0. The molecular weight excluding hydrogens is 402 g/mol. The van der Waals surface area contributed by atoms with Crippen molar-refractivity contribution in [3.8, 4) is 22.8 Å². The van der Waals surface area contributed by atoms with Crippen LogP contribution in [0.25, 0.3) is 11.3 Å². The molecule has 0 aliphatic heterocycles. The largest absolute Gasteiger partial charge is 0.497 e. The van der Waals surface area contributed by atoms with Gasteiger partial charge in [-0.25, -0.2) is 8.42 Å². The van der Waals surface area contributed by atoms with Gasteiger partial charge in [-0.05, 0) is 48.5 Å². The van der Waals surface area contributed by atoms with Crippen molar-refractivity contribution in [3.63, 3.8) is 0 Å². The maximum absolute atomic E-state index is 13.0. The fourth-order valence-electron chi connectivity index (χ4n) is 2.69. The maximum Gasteiger partial charge on any atom is 0.247 e. The summed E-state index contributed by atoms with van der Waals surface area (Å²) in [6.45, 7) is 0.0658. The average Bonchev–Trinajstić information content (AvgIpc) is 3.16. The van der Waals surface area contributed by atoms with Gasteiger partial charge in [0, 0.05) is 23.7 Å². The van der Waals surface area contributed by atoms with E-state index in [1.165, 1.54) is 31.6 Å². The minimum absolute atomic E-state index is 0.0290. The molecule has 0 radical (unpaired) electrons. The summed E-state index contributed by atoms with van der Waals surface area (Å²) in [5.74, 6) is 1.82. The average molecular weight is 422 g/mol. The zero-order chi connectivity index (χ0) is 20.3. The molecule has 3 rings (SSSR count). The van der Waals surface area contributed by atoms with E-state index in [0.717, 1.165) is 5.56 Å². The molecule has 0 N–H and O–H groups in total. The van der Waals surface area contributed by atoms with Gasteiger partial charge in [0.15, 0.2) is 0 Å². The lowest BCUT2D eigenvalue weighted by atomic mass is 10.2. The normalized spacial score (nSPS) is 11.6. The van der Waals surface area contributed by atoms with E-state index in [9.17, 15) is 8.42 Å². The smallest absolute Gasteiger partial charge is 0.247 e. The van der Waals surface area contributed by atoms with Crippen LogP contribution in [0.1, 0.15) is 5.76 Å². The second kappa shape index (κ2) is 8.26. The Balaban J connectivity index is 1.84. The Bertz CT molecular complexity index is 1060. The van der Waals surface area contributed by atoms with Crippen LogP contribution in [0.3, 0.4) is 0 Å². The van der Waals surface area contributed by atoms with Crippen molar-refractivity contribution in [1.29, 1.82) is 0 Å². The summed E-state index contributed by atoms with van der Waals surface area (Å²) < 4.78 is 43.4. The van der Waals surface area contributed by atoms with Gasteiger partial charge in [0.25, 0.3) is 0 Å². The van der Waals surface area contributed by atoms with Crippen LogP contribution in [0.2, 0.25) is 5.02 Å². The molecule has 1 heterocycles. The summed E-state index contributed by atoms with van der Waals surface area (Å²) >= 11 is 5.90. The molecule has 3 aromatic rings. The Morgan fingerprint density at radius 1 is 1.00 bits per heavy atom. The maximum atomic E-state index is 13.0. The minimum atomic E-state index is -3.82. The molecule has 0 spiro atoms. The van der Waals surface area contributed by atoms with Crippen LogP contribution in [0.15, 0.2) is 63.9 Å². The molecule has 6 nitrogen and oxygen atoms in total. The van der Waals surface area contributed by atoms with Crippen LogP contribution in [-0.4, -0.2) is 34.0 Å². The second-order valence-electron chi connectivity index (χ2n) is 6.05. The van der Waals surface area contributed by atoms with Crippen LogP contribution < -0.4 is 9.47 Å². The summed E-state index contributed by atoms with van der Waals surface area (Å²) in [4.78, 5) is 0.0290. The zero-order valence-electron chi connectivity index (χ0n) is 15.7.